The van der Waals surface area contributed by atoms with Gasteiger partial charge in [-0.3, -0.25) is 4.79 Å². The minimum atomic E-state index is -5.08. The van der Waals surface area contributed by atoms with Gasteiger partial charge in [-0.15, -0.1) is 0 Å². The van der Waals surface area contributed by atoms with Crippen molar-refractivity contribution in [2.75, 3.05) is 13.1 Å². The quantitative estimate of drug-likeness (QED) is 0.700. The van der Waals surface area contributed by atoms with Gasteiger partial charge in [-0.05, 0) is 32.1 Å². The summed E-state index contributed by atoms with van der Waals surface area (Å²) in [4.78, 5) is 20.7. The molecule has 1 unspecified atom stereocenters. The summed E-state index contributed by atoms with van der Waals surface area (Å²) in [6.45, 7) is 1.83. The van der Waals surface area contributed by atoms with Crippen molar-refractivity contribution in [3.8, 4) is 0 Å². The van der Waals surface area contributed by atoms with Crippen molar-refractivity contribution < 1.29 is 32.6 Å². The average molecular weight is 324 g/mol. The predicted octanol–water partition coefficient (Wildman–Crippen LogP) is 0.809. The van der Waals surface area contributed by atoms with E-state index in [1.165, 1.54) is 6.42 Å². The maximum atomic E-state index is 11.8. The number of alkyl halides is 3. The molecular formula is C13H19F3N2O4. The largest absolute Gasteiger partial charge is 0.490 e. The van der Waals surface area contributed by atoms with Crippen molar-refractivity contribution in [2.24, 2.45) is 0 Å². The van der Waals surface area contributed by atoms with Gasteiger partial charge in [0.1, 0.15) is 6.10 Å². The van der Waals surface area contributed by atoms with E-state index in [9.17, 15) is 18.0 Å². The third-order valence-corrected chi connectivity index (χ3v) is 4.14. The highest BCUT2D eigenvalue weighted by Gasteiger charge is 2.47. The van der Waals surface area contributed by atoms with Crippen LogP contribution in [0.5, 0.6) is 0 Å². The Hall–Kier alpha value is -1.35. The van der Waals surface area contributed by atoms with Crippen LogP contribution in [0.2, 0.25) is 0 Å². The number of halogens is 3. The van der Waals surface area contributed by atoms with E-state index in [0.717, 1.165) is 38.8 Å². The average Bonchev–Trinajstić information content (AvgIpc) is 2.78. The summed E-state index contributed by atoms with van der Waals surface area (Å²) in [5.41, 5.74) is 0.00161. The Morgan fingerprint density at radius 1 is 1.23 bits per heavy atom. The highest BCUT2D eigenvalue weighted by Crippen LogP contribution is 2.33. The molecule has 3 aliphatic rings. The van der Waals surface area contributed by atoms with Gasteiger partial charge >= 0.3 is 12.1 Å². The predicted molar refractivity (Wildman–Crippen MR) is 69.2 cm³/mol. The van der Waals surface area contributed by atoms with Crippen molar-refractivity contribution in [3.63, 3.8) is 0 Å². The molecule has 2 heterocycles. The first-order valence-electron chi connectivity index (χ1n) is 7.21. The topological polar surface area (TPSA) is 87.7 Å². The second-order valence-electron chi connectivity index (χ2n) is 5.87. The second kappa shape index (κ2) is 6.41. The Kier molecular flexibility index (Phi) is 4.96. The van der Waals surface area contributed by atoms with Crippen LogP contribution in [0.4, 0.5) is 13.2 Å². The lowest BCUT2D eigenvalue weighted by molar-refractivity contribution is -0.192. The van der Waals surface area contributed by atoms with Crippen molar-refractivity contribution in [2.45, 2.75) is 56.0 Å². The Morgan fingerprint density at radius 3 is 2.14 bits per heavy atom. The van der Waals surface area contributed by atoms with Crippen molar-refractivity contribution in [1.29, 1.82) is 0 Å². The van der Waals surface area contributed by atoms with E-state index >= 15 is 0 Å². The zero-order valence-electron chi connectivity index (χ0n) is 11.9. The molecule has 6 nitrogen and oxygen atoms in total. The minimum Gasteiger partial charge on any atom is -0.475 e. The molecule has 0 aromatic heterocycles. The van der Waals surface area contributed by atoms with Crippen LogP contribution in [0.15, 0.2) is 0 Å². The van der Waals surface area contributed by atoms with Crippen LogP contribution in [0.25, 0.3) is 0 Å². The number of carbonyl (C=O) groups is 2. The van der Waals surface area contributed by atoms with E-state index in [1.807, 2.05) is 0 Å². The molecule has 126 valence electrons. The highest BCUT2D eigenvalue weighted by molar-refractivity contribution is 5.81. The van der Waals surface area contributed by atoms with Crippen molar-refractivity contribution in [3.05, 3.63) is 0 Å². The molecule has 1 saturated carbocycles. The van der Waals surface area contributed by atoms with E-state index in [0.29, 0.717) is 6.04 Å². The summed E-state index contributed by atoms with van der Waals surface area (Å²) < 4.78 is 37.6. The van der Waals surface area contributed by atoms with Crippen LogP contribution in [-0.2, 0) is 14.3 Å². The smallest absolute Gasteiger partial charge is 0.475 e. The molecule has 1 atom stereocenters. The van der Waals surface area contributed by atoms with Crippen LogP contribution in [0.1, 0.15) is 32.1 Å². The van der Waals surface area contributed by atoms with Crippen molar-refractivity contribution >= 4 is 11.9 Å². The van der Waals surface area contributed by atoms with Crippen LogP contribution in [0.3, 0.4) is 0 Å². The van der Waals surface area contributed by atoms with Gasteiger partial charge in [-0.25, -0.2) is 4.79 Å². The van der Waals surface area contributed by atoms with Crippen LogP contribution >= 0.6 is 0 Å². The normalized spacial score (nSPS) is 26.4. The molecule has 1 amide bonds. The van der Waals surface area contributed by atoms with E-state index in [2.05, 4.69) is 10.6 Å². The van der Waals surface area contributed by atoms with Crippen LogP contribution in [-0.4, -0.2) is 54.0 Å². The van der Waals surface area contributed by atoms with E-state index in [4.69, 9.17) is 14.6 Å². The first kappa shape index (κ1) is 17.0. The molecular weight excluding hydrogens is 305 g/mol. The molecule has 2 aliphatic heterocycles. The molecule has 0 radical (unpaired) electrons. The highest BCUT2D eigenvalue weighted by atomic mass is 19.4. The standard InChI is InChI=1S/C11H18N2O2.C2HF3O2/c14-10(13-8-2-1-3-8)9-4-5-11(15-9)6-12-7-11;3-2(4,5)1(6)7/h8-9,12H,1-7H2,(H,13,14);(H,6,7). The summed E-state index contributed by atoms with van der Waals surface area (Å²) in [5.74, 6) is -2.64. The number of hydrogen-bond donors (Lipinski definition) is 3. The number of hydrogen-bond acceptors (Lipinski definition) is 4. The number of amides is 1. The number of nitrogens with one attached hydrogen (secondary N) is 2. The van der Waals surface area contributed by atoms with Crippen LogP contribution < -0.4 is 10.6 Å². The Labute approximate surface area is 125 Å². The number of aliphatic carboxylic acids is 1. The van der Waals surface area contributed by atoms with Gasteiger partial charge in [0.05, 0.1) is 5.60 Å². The van der Waals surface area contributed by atoms with E-state index < -0.39 is 12.1 Å². The maximum Gasteiger partial charge on any atom is 0.490 e. The number of ether oxygens (including phenoxy) is 1. The number of carbonyl (C=O) groups excluding carboxylic acids is 1. The van der Waals surface area contributed by atoms with Gasteiger partial charge in [-0.1, -0.05) is 0 Å². The van der Waals surface area contributed by atoms with E-state index in [1.54, 1.807) is 0 Å². The van der Waals surface area contributed by atoms with Gasteiger partial charge in [0.2, 0.25) is 5.91 Å². The summed E-state index contributed by atoms with van der Waals surface area (Å²) in [6, 6.07) is 0.428. The second-order valence-corrected chi connectivity index (χ2v) is 5.87. The number of rotatable bonds is 2. The third kappa shape index (κ3) is 4.10. The first-order valence-corrected chi connectivity index (χ1v) is 7.21. The van der Waals surface area contributed by atoms with Crippen molar-refractivity contribution in [1.82, 2.24) is 10.6 Å². The lowest BCUT2D eigenvalue weighted by Crippen LogP contribution is -2.60. The van der Waals surface area contributed by atoms with Gasteiger partial charge in [0, 0.05) is 19.1 Å². The minimum absolute atomic E-state index is 0.00161. The zero-order valence-corrected chi connectivity index (χ0v) is 11.9. The van der Waals surface area contributed by atoms with Gasteiger partial charge < -0.3 is 20.5 Å². The fraction of sp³-hybridized carbons (Fsp3) is 0.846. The molecule has 9 heteroatoms. The molecule has 0 aromatic carbocycles. The molecule has 3 rings (SSSR count). The number of carboxylic acids is 1. The van der Waals surface area contributed by atoms with Gasteiger partial charge in [0.25, 0.3) is 0 Å². The summed E-state index contributed by atoms with van der Waals surface area (Å²) in [5, 5.41) is 13.4. The molecule has 1 spiro atoms. The third-order valence-electron chi connectivity index (χ3n) is 4.14. The Morgan fingerprint density at radius 2 is 1.82 bits per heavy atom. The fourth-order valence-electron chi connectivity index (χ4n) is 2.51. The summed E-state index contributed by atoms with van der Waals surface area (Å²) in [7, 11) is 0. The molecule has 0 bridgehead atoms. The molecule has 2 saturated heterocycles. The Bertz CT molecular complexity index is 433. The summed E-state index contributed by atoms with van der Waals surface area (Å²) in [6.07, 6.45) is 0.191. The fourth-order valence-corrected chi connectivity index (χ4v) is 2.51. The monoisotopic (exact) mass is 324 g/mol. The maximum absolute atomic E-state index is 11.8. The molecule has 3 N–H and O–H groups in total. The SMILES string of the molecule is O=C(NC1CCC1)C1CCC2(CNC2)O1.O=C(O)C(F)(F)F. The lowest BCUT2D eigenvalue weighted by atomic mass is 9.92. The van der Waals surface area contributed by atoms with Gasteiger partial charge in [-0.2, -0.15) is 13.2 Å². The molecule has 22 heavy (non-hydrogen) atoms. The first-order chi connectivity index (χ1) is 10.2. The molecule has 0 aromatic rings. The zero-order chi connectivity index (χ0) is 16.4. The van der Waals surface area contributed by atoms with Crippen LogP contribution in [0, 0.1) is 0 Å². The Balaban J connectivity index is 0.000000217. The molecule has 3 fully saturated rings. The summed E-state index contributed by atoms with van der Waals surface area (Å²) >= 11 is 0. The molecule has 1 aliphatic carbocycles. The van der Waals surface area contributed by atoms with E-state index in [-0.39, 0.29) is 17.6 Å². The van der Waals surface area contributed by atoms with Gasteiger partial charge in [0.15, 0.2) is 0 Å². The number of carboxylic acid groups (broad SMARTS) is 1. The lowest BCUT2D eigenvalue weighted by Gasteiger charge is -2.38.